The highest BCUT2D eigenvalue weighted by molar-refractivity contribution is 7.89. The Morgan fingerprint density at radius 2 is 1.86 bits per heavy atom. The van der Waals surface area contributed by atoms with Gasteiger partial charge >= 0.3 is 5.69 Å². The first kappa shape index (κ1) is 23.1. The molecule has 0 spiro atoms. The van der Waals surface area contributed by atoms with Gasteiger partial charge in [0.05, 0.1) is 16.9 Å². The summed E-state index contributed by atoms with van der Waals surface area (Å²) in [7, 11) is -2.70. The van der Waals surface area contributed by atoms with Crippen LogP contribution in [0.5, 0.6) is 5.75 Å². The minimum absolute atomic E-state index is 0.00830. The summed E-state index contributed by atoms with van der Waals surface area (Å²) in [6.07, 6.45) is 0. The highest BCUT2D eigenvalue weighted by Crippen LogP contribution is 2.30. The Bertz CT molecular complexity index is 964. The van der Waals surface area contributed by atoms with Crippen LogP contribution in [0.15, 0.2) is 47.4 Å². The van der Waals surface area contributed by atoms with E-state index < -0.39 is 20.6 Å². The Kier molecular flexibility index (Phi) is 7.97. The van der Waals surface area contributed by atoms with Gasteiger partial charge in [0.25, 0.3) is 0 Å². The molecule has 0 aliphatic rings. The summed E-state index contributed by atoms with van der Waals surface area (Å²) >= 11 is 6.34. The monoisotopic (exact) mass is 441 g/mol. The normalized spacial score (nSPS) is 12.7. The second-order valence-electron chi connectivity index (χ2n) is 6.20. The van der Waals surface area contributed by atoms with Crippen LogP contribution in [-0.2, 0) is 10.0 Å². The molecule has 2 aromatic carbocycles. The van der Waals surface area contributed by atoms with Crippen LogP contribution in [0.2, 0.25) is 5.02 Å². The van der Waals surface area contributed by atoms with Crippen molar-refractivity contribution in [2.24, 2.45) is 0 Å². The molecule has 2 rings (SSSR count). The fraction of sp³-hybridized carbons (Fsp3) is 0.368. The van der Waals surface area contributed by atoms with Crippen LogP contribution in [0.25, 0.3) is 0 Å². The fourth-order valence-electron chi connectivity index (χ4n) is 3.10. The third kappa shape index (κ3) is 5.45. The molecule has 0 aliphatic heterocycles. The summed E-state index contributed by atoms with van der Waals surface area (Å²) in [5.41, 5.74) is 0.392. The van der Waals surface area contributed by atoms with Gasteiger partial charge in [-0.2, -0.15) is 0 Å². The predicted molar refractivity (Wildman–Crippen MR) is 112 cm³/mol. The predicted octanol–water partition coefficient (Wildman–Crippen LogP) is 3.62. The molecule has 0 bridgehead atoms. The van der Waals surface area contributed by atoms with E-state index in [2.05, 4.69) is 9.62 Å². The quantitative estimate of drug-likeness (QED) is 0.446. The van der Waals surface area contributed by atoms with E-state index in [1.807, 2.05) is 32.0 Å². The number of nitro groups is 1. The average Bonchev–Trinajstić information content (AvgIpc) is 2.71. The standard InChI is InChI=1S/C19H24ClN3O5S/c1-4-22(5-2)18(15-8-6-7-9-16(15)20)13-21-29(26,27)14-10-11-19(28-3)17(12-14)23(24)25/h6-12,18,21H,4-5,13H2,1-3H3. The van der Waals surface area contributed by atoms with Gasteiger partial charge in [-0.05, 0) is 36.9 Å². The summed E-state index contributed by atoms with van der Waals surface area (Å²) in [4.78, 5) is 12.4. The number of rotatable bonds is 10. The maximum atomic E-state index is 12.8. The molecule has 0 fully saturated rings. The molecule has 0 aliphatic carbocycles. The number of benzene rings is 2. The Morgan fingerprint density at radius 3 is 2.41 bits per heavy atom. The van der Waals surface area contributed by atoms with E-state index in [-0.39, 0.29) is 23.2 Å². The summed E-state index contributed by atoms with van der Waals surface area (Å²) in [6.45, 7) is 5.42. The number of sulfonamides is 1. The number of likely N-dealkylation sites (N-methyl/N-ethyl adjacent to an activating group) is 1. The largest absolute Gasteiger partial charge is 0.490 e. The van der Waals surface area contributed by atoms with Gasteiger partial charge in [-0.1, -0.05) is 43.6 Å². The molecule has 0 saturated carbocycles. The van der Waals surface area contributed by atoms with Crippen molar-refractivity contribution in [3.05, 3.63) is 63.2 Å². The summed E-state index contributed by atoms with van der Waals surface area (Å²) < 4.78 is 33.1. The highest BCUT2D eigenvalue weighted by atomic mass is 35.5. The van der Waals surface area contributed by atoms with Crippen molar-refractivity contribution in [1.29, 1.82) is 0 Å². The van der Waals surface area contributed by atoms with Crippen molar-refractivity contribution in [1.82, 2.24) is 9.62 Å². The van der Waals surface area contributed by atoms with Crippen LogP contribution in [0.3, 0.4) is 0 Å². The second-order valence-corrected chi connectivity index (χ2v) is 8.38. The average molecular weight is 442 g/mol. The molecule has 2 aromatic rings. The molecule has 158 valence electrons. The van der Waals surface area contributed by atoms with E-state index in [0.717, 1.165) is 11.6 Å². The van der Waals surface area contributed by atoms with Gasteiger partial charge < -0.3 is 4.74 Å². The number of hydrogen-bond acceptors (Lipinski definition) is 6. The third-order valence-corrected chi connectivity index (χ3v) is 6.41. The zero-order valence-corrected chi connectivity index (χ0v) is 18.0. The van der Waals surface area contributed by atoms with Gasteiger partial charge in [-0.3, -0.25) is 15.0 Å². The molecule has 0 amide bonds. The van der Waals surface area contributed by atoms with E-state index in [1.165, 1.54) is 19.2 Å². The van der Waals surface area contributed by atoms with Gasteiger partial charge in [-0.25, -0.2) is 13.1 Å². The molecule has 29 heavy (non-hydrogen) atoms. The second kappa shape index (κ2) is 10.0. The molecular formula is C19H24ClN3O5S. The SMILES string of the molecule is CCN(CC)C(CNS(=O)(=O)c1ccc(OC)c([N+](=O)[O-])c1)c1ccccc1Cl. The first-order chi connectivity index (χ1) is 13.7. The lowest BCUT2D eigenvalue weighted by atomic mass is 10.1. The van der Waals surface area contributed by atoms with Crippen molar-refractivity contribution in [2.75, 3.05) is 26.7 Å². The lowest BCUT2D eigenvalue weighted by Gasteiger charge is -2.30. The molecule has 1 unspecified atom stereocenters. The highest BCUT2D eigenvalue weighted by Gasteiger charge is 2.25. The summed E-state index contributed by atoms with van der Waals surface area (Å²) in [5, 5.41) is 11.7. The number of nitro benzene ring substituents is 1. The van der Waals surface area contributed by atoms with E-state index in [4.69, 9.17) is 16.3 Å². The van der Waals surface area contributed by atoms with E-state index in [9.17, 15) is 18.5 Å². The van der Waals surface area contributed by atoms with Crippen LogP contribution in [-0.4, -0.2) is 45.0 Å². The van der Waals surface area contributed by atoms with Crippen LogP contribution in [0.4, 0.5) is 5.69 Å². The molecule has 0 radical (unpaired) electrons. The summed E-state index contributed by atoms with van der Waals surface area (Å²) in [5.74, 6) is -0.00830. The van der Waals surface area contributed by atoms with Crippen LogP contribution in [0.1, 0.15) is 25.5 Å². The van der Waals surface area contributed by atoms with Crippen molar-refractivity contribution in [3.8, 4) is 5.75 Å². The van der Waals surface area contributed by atoms with Gasteiger partial charge in [0.2, 0.25) is 10.0 Å². The number of nitrogens with one attached hydrogen (secondary N) is 1. The minimum Gasteiger partial charge on any atom is -0.490 e. The number of halogens is 1. The van der Waals surface area contributed by atoms with Crippen LogP contribution in [0, 0.1) is 10.1 Å². The maximum absolute atomic E-state index is 12.8. The van der Waals surface area contributed by atoms with Crippen molar-refractivity contribution in [2.45, 2.75) is 24.8 Å². The van der Waals surface area contributed by atoms with Crippen LogP contribution < -0.4 is 9.46 Å². The van der Waals surface area contributed by atoms with E-state index in [0.29, 0.717) is 18.1 Å². The van der Waals surface area contributed by atoms with Gasteiger partial charge in [0, 0.05) is 23.7 Å². The summed E-state index contributed by atoms with van der Waals surface area (Å²) in [6, 6.07) is 10.5. The Morgan fingerprint density at radius 1 is 1.21 bits per heavy atom. The first-order valence-electron chi connectivity index (χ1n) is 9.05. The third-order valence-electron chi connectivity index (χ3n) is 4.64. The number of methoxy groups -OCH3 is 1. The molecule has 0 saturated heterocycles. The molecule has 0 heterocycles. The fourth-order valence-corrected chi connectivity index (χ4v) is 4.42. The van der Waals surface area contributed by atoms with E-state index in [1.54, 1.807) is 6.07 Å². The van der Waals surface area contributed by atoms with Crippen molar-refractivity contribution in [3.63, 3.8) is 0 Å². The Balaban J connectivity index is 2.34. The zero-order valence-electron chi connectivity index (χ0n) is 16.5. The molecule has 10 heteroatoms. The van der Waals surface area contributed by atoms with Gasteiger partial charge in [0.1, 0.15) is 0 Å². The molecular weight excluding hydrogens is 418 g/mol. The lowest BCUT2D eigenvalue weighted by Crippen LogP contribution is -2.38. The van der Waals surface area contributed by atoms with Gasteiger partial charge in [-0.15, -0.1) is 0 Å². The van der Waals surface area contributed by atoms with Crippen molar-refractivity contribution < 1.29 is 18.1 Å². The van der Waals surface area contributed by atoms with Crippen molar-refractivity contribution >= 4 is 27.3 Å². The Hall–Kier alpha value is -2.20. The number of hydrogen-bond donors (Lipinski definition) is 1. The molecule has 0 aromatic heterocycles. The first-order valence-corrected chi connectivity index (χ1v) is 10.9. The molecule has 8 nitrogen and oxygen atoms in total. The number of ether oxygens (including phenoxy) is 1. The molecule has 1 atom stereocenters. The minimum atomic E-state index is -3.99. The zero-order chi connectivity index (χ0) is 21.6. The van der Waals surface area contributed by atoms with Crippen LogP contribution >= 0.6 is 11.6 Å². The van der Waals surface area contributed by atoms with E-state index >= 15 is 0 Å². The topological polar surface area (TPSA) is 102 Å². The lowest BCUT2D eigenvalue weighted by molar-refractivity contribution is -0.386. The smallest absolute Gasteiger partial charge is 0.312 e. The number of nitrogens with zero attached hydrogens (tertiary/aromatic N) is 2. The maximum Gasteiger partial charge on any atom is 0.312 e. The van der Waals surface area contributed by atoms with Gasteiger partial charge in [0.15, 0.2) is 5.75 Å². The Labute approximate surface area is 175 Å². The molecule has 1 N–H and O–H groups in total.